The molecule has 6 heteroatoms. The fraction of sp³-hybridized carbons (Fsp3) is 0.167. The van der Waals surface area contributed by atoms with Gasteiger partial charge in [-0.3, -0.25) is 20.1 Å². The molecule has 0 aromatic carbocycles. The van der Waals surface area contributed by atoms with Crippen LogP contribution in [0.5, 0.6) is 0 Å². The smallest absolute Gasteiger partial charge is 0.242 e. The molecule has 1 amide bonds. The Morgan fingerprint density at radius 2 is 1.92 bits per heavy atom. The molecule has 0 saturated heterocycles. The van der Waals surface area contributed by atoms with E-state index in [0.29, 0.717) is 13.1 Å². The molecule has 5 nitrogen and oxygen atoms in total. The molecule has 24 heavy (non-hydrogen) atoms. The van der Waals surface area contributed by atoms with Crippen LogP contribution >= 0.6 is 11.3 Å². The number of hydrogen-bond donors (Lipinski definition) is 2. The first-order chi connectivity index (χ1) is 11.8. The summed E-state index contributed by atoms with van der Waals surface area (Å²) >= 11 is 1.58. The SMILES string of the molecule is O=C(NCc1cccnc1)C(NCc1ccncc1)c1ccsc1. The average molecular weight is 338 g/mol. The maximum Gasteiger partial charge on any atom is 0.242 e. The summed E-state index contributed by atoms with van der Waals surface area (Å²) in [7, 11) is 0. The largest absolute Gasteiger partial charge is 0.350 e. The van der Waals surface area contributed by atoms with Crippen LogP contribution in [0, 0.1) is 0 Å². The predicted molar refractivity (Wildman–Crippen MR) is 94.2 cm³/mol. The van der Waals surface area contributed by atoms with Gasteiger partial charge in [0, 0.05) is 37.9 Å². The fourth-order valence-corrected chi connectivity index (χ4v) is 3.00. The molecule has 0 aliphatic rings. The minimum absolute atomic E-state index is 0.0497. The molecule has 0 bridgehead atoms. The predicted octanol–water partition coefficient (Wildman–Crippen LogP) is 2.69. The molecule has 0 spiro atoms. The van der Waals surface area contributed by atoms with Crippen LogP contribution in [0.4, 0.5) is 0 Å². The lowest BCUT2D eigenvalue weighted by atomic mass is 10.1. The zero-order valence-electron chi connectivity index (χ0n) is 13.1. The van der Waals surface area contributed by atoms with Gasteiger partial charge in [-0.25, -0.2) is 0 Å². The number of nitrogens with zero attached hydrogens (tertiary/aromatic N) is 2. The average Bonchev–Trinajstić information content (AvgIpc) is 3.16. The van der Waals surface area contributed by atoms with Gasteiger partial charge in [0.2, 0.25) is 5.91 Å². The van der Waals surface area contributed by atoms with Crippen molar-refractivity contribution >= 4 is 17.2 Å². The molecule has 122 valence electrons. The standard InChI is InChI=1S/C18H18N4OS/c23-18(22-12-15-2-1-6-20-10-15)17(16-5-9-24-13-16)21-11-14-3-7-19-8-4-14/h1-10,13,17,21H,11-12H2,(H,22,23). The zero-order valence-corrected chi connectivity index (χ0v) is 13.9. The van der Waals surface area contributed by atoms with Gasteiger partial charge in [0.15, 0.2) is 0 Å². The van der Waals surface area contributed by atoms with Crippen LogP contribution < -0.4 is 10.6 Å². The monoisotopic (exact) mass is 338 g/mol. The molecule has 0 saturated carbocycles. The van der Waals surface area contributed by atoms with E-state index in [1.807, 2.05) is 41.1 Å². The summed E-state index contributed by atoms with van der Waals surface area (Å²) in [6, 6.07) is 9.26. The van der Waals surface area contributed by atoms with Gasteiger partial charge in [-0.1, -0.05) is 6.07 Å². The number of thiophene rings is 1. The van der Waals surface area contributed by atoms with Gasteiger partial charge in [0.1, 0.15) is 6.04 Å². The van der Waals surface area contributed by atoms with Crippen LogP contribution in [0.25, 0.3) is 0 Å². The van der Waals surface area contributed by atoms with Gasteiger partial charge in [-0.15, -0.1) is 0 Å². The Bertz CT molecular complexity index is 747. The first-order valence-electron chi connectivity index (χ1n) is 7.64. The quantitative estimate of drug-likeness (QED) is 0.695. The molecule has 0 radical (unpaired) electrons. The summed E-state index contributed by atoms with van der Waals surface area (Å²) in [5.41, 5.74) is 3.03. The zero-order chi connectivity index (χ0) is 16.6. The van der Waals surface area contributed by atoms with Gasteiger partial charge >= 0.3 is 0 Å². The van der Waals surface area contributed by atoms with Crippen molar-refractivity contribution in [2.75, 3.05) is 0 Å². The van der Waals surface area contributed by atoms with Crippen molar-refractivity contribution in [3.8, 4) is 0 Å². The van der Waals surface area contributed by atoms with Crippen LogP contribution in [0.1, 0.15) is 22.7 Å². The van der Waals surface area contributed by atoms with Crippen LogP contribution in [0.3, 0.4) is 0 Å². The van der Waals surface area contributed by atoms with Gasteiger partial charge in [-0.05, 0) is 51.7 Å². The second-order valence-corrected chi connectivity index (χ2v) is 6.09. The maximum absolute atomic E-state index is 12.6. The topological polar surface area (TPSA) is 66.9 Å². The number of nitrogens with one attached hydrogen (secondary N) is 2. The van der Waals surface area contributed by atoms with Crippen molar-refractivity contribution in [2.24, 2.45) is 0 Å². The van der Waals surface area contributed by atoms with Crippen LogP contribution in [-0.2, 0) is 17.9 Å². The number of aromatic nitrogens is 2. The van der Waals surface area contributed by atoms with E-state index < -0.39 is 0 Å². The van der Waals surface area contributed by atoms with E-state index >= 15 is 0 Å². The minimum Gasteiger partial charge on any atom is -0.350 e. The Labute approximate surface area is 144 Å². The molecule has 0 aliphatic heterocycles. The second kappa shape index (κ2) is 8.33. The van der Waals surface area contributed by atoms with Crippen molar-refractivity contribution in [3.05, 3.63) is 82.6 Å². The number of pyridine rings is 2. The molecule has 1 unspecified atom stereocenters. The summed E-state index contributed by atoms with van der Waals surface area (Å²) in [4.78, 5) is 20.7. The Hall–Kier alpha value is -2.57. The van der Waals surface area contributed by atoms with Gasteiger partial charge < -0.3 is 5.32 Å². The number of carbonyl (C=O) groups excluding carboxylic acids is 1. The Kier molecular flexibility index (Phi) is 5.65. The maximum atomic E-state index is 12.6. The lowest BCUT2D eigenvalue weighted by molar-refractivity contribution is -0.123. The number of hydrogen-bond acceptors (Lipinski definition) is 5. The Morgan fingerprint density at radius 3 is 2.62 bits per heavy atom. The molecule has 3 heterocycles. The van der Waals surface area contributed by atoms with Gasteiger partial charge in [0.25, 0.3) is 0 Å². The third kappa shape index (κ3) is 4.47. The van der Waals surface area contributed by atoms with E-state index in [1.54, 1.807) is 36.1 Å². The highest BCUT2D eigenvalue weighted by Gasteiger charge is 2.20. The van der Waals surface area contributed by atoms with Crippen LogP contribution in [0.15, 0.2) is 65.9 Å². The van der Waals surface area contributed by atoms with Crippen LogP contribution in [-0.4, -0.2) is 15.9 Å². The summed E-state index contributed by atoms with van der Waals surface area (Å²) in [6.45, 7) is 1.06. The molecule has 3 aromatic rings. The molecule has 0 fully saturated rings. The van der Waals surface area contributed by atoms with Gasteiger partial charge in [0.05, 0.1) is 0 Å². The first kappa shape index (κ1) is 16.3. The summed E-state index contributed by atoms with van der Waals surface area (Å²) in [6.07, 6.45) is 6.97. The van der Waals surface area contributed by atoms with E-state index in [4.69, 9.17) is 0 Å². The van der Waals surface area contributed by atoms with Crippen molar-refractivity contribution in [1.82, 2.24) is 20.6 Å². The first-order valence-corrected chi connectivity index (χ1v) is 8.58. The number of carbonyl (C=O) groups is 1. The molecule has 2 N–H and O–H groups in total. The third-order valence-corrected chi connectivity index (χ3v) is 4.29. The number of rotatable bonds is 7. The van der Waals surface area contributed by atoms with Gasteiger partial charge in [-0.2, -0.15) is 11.3 Å². The fourth-order valence-electron chi connectivity index (χ4n) is 2.32. The van der Waals surface area contributed by atoms with Crippen molar-refractivity contribution in [1.29, 1.82) is 0 Å². The van der Waals surface area contributed by atoms with E-state index in [0.717, 1.165) is 16.7 Å². The minimum atomic E-state index is -0.388. The van der Waals surface area contributed by atoms with E-state index in [2.05, 4.69) is 20.6 Å². The highest BCUT2D eigenvalue weighted by molar-refractivity contribution is 7.08. The Balaban J connectivity index is 1.64. The number of amides is 1. The molecule has 0 aliphatic carbocycles. The van der Waals surface area contributed by atoms with E-state index in [1.165, 1.54) is 0 Å². The molecule has 3 aromatic heterocycles. The molecule has 1 atom stereocenters. The lowest BCUT2D eigenvalue weighted by Crippen LogP contribution is -2.36. The van der Waals surface area contributed by atoms with Crippen molar-refractivity contribution in [2.45, 2.75) is 19.1 Å². The van der Waals surface area contributed by atoms with Crippen molar-refractivity contribution in [3.63, 3.8) is 0 Å². The summed E-state index contributed by atoms with van der Waals surface area (Å²) in [5.74, 6) is -0.0497. The summed E-state index contributed by atoms with van der Waals surface area (Å²) < 4.78 is 0. The molecular formula is C18H18N4OS. The lowest BCUT2D eigenvalue weighted by Gasteiger charge is -2.18. The van der Waals surface area contributed by atoms with Crippen molar-refractivity contribution < 1.29 is 4.79 Å². The molecular weight excluding hydrogens is 320 g/mol. The highest BCUT2D eigenvalue weighted by atomic mass is 32.1. The highest BCUT2D eigenvalue weighted by Crippen LogP contribution is 2.17. The van der Waals surface area contributed by atoms with Crippen LogP contribution in [0.2, 0.25) is 0 Å². The second-order valence-electron chi connectivity index (χ2n) is 5.31. The molecule has 3 rings (SSSR count). The normalized spacial score (nSPS) is 11.8. The van der Waals surface area contributed by atoms with E-state index in [9.17, 15) is 4.79 Å². The van der Waals surface area contributed by atoms with E-state index in [-0.39, 0.29) is 11.9 Å². The summed E-state index contributed by atoms with van der Waals surface area (Å²) in [5, 5.41) is 10.3. The third-order valence-electron chi connectivity index (χ3n) is 3.59. The Morgan fingerprint density at radius 1 is 1.04 bits per heavy atom.